The van der Waals surface area contributed by atoms with E-state index >= 15 is 0 Å². The van der Waals surface area contributed by atoms with Gasteiger partial charge in [-0.1, -0.05) is 30.3 Å². The average molecular weight is 278 g/mol. The first-order chi connectivity index (χ1) is 10.3. The molecule has 21 heavy (non-hydrogen) atoms. The van der Waals surface area contributed by atoms with Crippen LogP contribution in [0.1, 0.15) is 29.9 Å². The Morgan fingerprint density at radius 3 is 2.76 bits per heavy atom. The lowest BCUT2D eigenvalue weighted by molar-refractivity contribution is -0.120. The second-order valence-electron chi connectivity index (χ2n) is 5.97. The molecule has 1 aliphatic heterocycles. The van der Waals surface area contributed by atoms with E-state index in [-0.39, 0.29) is 11.8 Å². The highest BCUT2D eigenvalue weighted by atomic mass is 16.2. The quantitative estimate of drug-likeness (QED) is 0.864. The van der Waals surface area contributed by atoms with Crippen LogP contribution in [0.4, 0.5) is 5.69 Å². The summed E-state index contributed by atoms with van der Waals surface area (Å²) in [5, 5.41) is 0. The number of anilines is 1. The van der Waals surface area contributed by atoms with Crippen LogP contribution in [0.2, 0.25) is 0 Å². The number of fused-ring (bicyclic) bond motifs is 1. The number of pyridine rings is 1. The zero-order chi connectivity index (χ0) is 14.2. The van der Waals surface area contributed by atoms with Gasteiger partial charge in [-0.05, 0) is 42.4 Å². The third kappa shape index (κ3) is 2.23. The Kier molecular flexibility index (Phi) is 2.99. The van der Waals surface area contributed by atoms with Gasteiger partial charge >= 0.3 is 0 Å². The molecule has 1 aliphatic carbocycles. The normalized spacial score (nSPS) is 18.4. The zero-order valence-corrected chi connectivity index (χ0v) is 11.9. The molecule has 1 atom stereocenters. The number of rotatable bonds is 3. The Hall–Kier alpha value is -2.16. The molecule has 4 rings (SSSR count). The van der Waals surface area contributed by atoms with Gasteiger partial charge in [-0.3, -0.25) is 9.78 Å². The van der Waals surface area contributed by atoms with E-state index in [4.69, 9.17) is 0 Å². The van der Waals surface area contributed by atoms with E-state index in [1.807, 2.05) is 35.4 Å². The monoisotopic (exact) mass is 278 g/mol. The van der Waals surface area contributed by atoms with Gasteiger partial charge in [-0.15, -0.1) is 0 Å². The van der Waals surface area contributed by atoms with Gasteiger partial charge in [0.25, 0.3) is 0 Å². The number of benzene rings is 1. The van der Waals surface area contributed by atoms with E-state index in [0.29, 0.717) is 5.92 Å². The highest BCUT2D eigenvalue weighted by Crippen LogP contribution is 2.44. The predicted octanol–water partition coefficient (Wildman–Crippen LogP) is 3.16. The zero-order valence-electron chi connectivity index (χ0n) is 11.9. The topological polar surface area (TPSA) is 33.2 Å². The van der Waals surface area contributed by atoms with Crippen LogP contribution in [-0.4, -0.2) is 17.4 Å². The molecule has 1 saturated carbocycles. The maximum atomic E-state index is 13.1. The van der Waals surface area contributed by atoms with Gasteiger partial charge in [0.15, 0.2) is 0 Å². The Labute approximate surface area is 124 Å². The molecule has 1 amide bonds. The number of nitrogens with zero attached hydrogens (tertiary/aromatic N) is 2. The molecular formula is C18H18N2O. The summed E-state index contributed by atoms with van der Waals surface area (Å²) in [5.74, 6) is 0.796. The van der Waals surface area contributed by atoms with Gasteiger partial charge in [0.1, 0.15) is 0 Å². The fourth-order valence-corrected chi connectivity index (χ4v) is 3.33. The third-order valence-corrected chi connectivity index (χ3v) is 4.56. The van der Waals surface area contributed by atoms with E-state index in [2.05, 4.69) is 17.1 Å². The van der Waals surface area contributed by atoms with Crippen LogP contribution in [-0.2, 0) is 11.2 Å². The van der Waals surface area contributed by atoms with Crippen LogP contribution in [0.3, 0.4) is 0 Å². The van der Waals surface area contributed by atoms with Crippen molar-refractivity contribution in [1.29, 1.82) is 0 Å². The summed E-state index contributed by atoms with van der Waals surface area (Å²) in [5.41, 5.74) is 3.40. The summed E-state index contributed by atoms with van der Waals surface area (Å²) in [7, 11) is 0. The first kappa shape index (κ1) is 12.6. The van der Waals surface area contributed by atoms with Gasteiger partial charge in [0.05, 0.1) is 5.92 Å². The van der Waals surface area contributed by atoms with Gasteiger partial charge < -0.3 is 4.90 Å². The van der Waals surface area contributed by atoms with Crippen LogP contribution in [0.5, 0.6) is 0 Å². The summed E-state index contributed by atoms with van der Waals surface area (Å²) in [6.07, 6.45) is 6.92. The van der Waals surface area contributed by atoms with Crippen LogP contribution >= 0.6 is 0 Å². The van der Waals surface area contributed by atoms with Crippen molar-refractivity contribution in [2.24, 2.45) is 5.92 Å². The molecule has 0 saturated heterocycles. The van der Waals surface area contributed by atoms with Crippen molar-refractivity contribution in [2.75, 3.05) is 11.4 Å². The Bertz CT molecular complexity index is 664. The fourth-order valence-electron chi connectivity index (χ4n) is 3.33. The average Bonchev–Trinajstić information content (AvgIpc) is 3.26. The van der Waals surface area contributed by atoms with Gasteiger partial charge in [-0.25, -0.2) is 0 Å². The summed E-state index contributed by atoms with van der Waals surface area (Å²) in [4.78, 5) is 19.2. The molecule has 1 fully saturated rings. The third-order valence-electron chi connectivity index (χ3n) is 4.56. The second kappa shape index (κ2) is 4.99. The molecule has 2 aromatic rings. The number of carbonyl (C=O) groups excluding carboxylic acids is 1. The molecule has 0 bridgehead atoms. The molecule has 2 aliphatic rings. The molecular weight excluding hydrogens is 260 g/mol. The number of hydrogen-bond donors (Lipinski definition) is 0. The molecule has 1 aromatic carbocycles. The lowest BCUT2D eigenvalue weighted by Gasteiger charge is -2.24. The van der Waals surface area contributed by atoms with Crippen LogP contribution in [0.15, 0.2) is 48.8 Å². The fraction of sp³-hybridized carbons (Fsp3) is 0.333. The largest absolute Gasteiger partial charge is 0.311 e. The summed E-state index contributed by atoms with van der Waals surface area (Å²) < 4.78 is 0. The second-order valence-corrected chi connectivity index (χ2v) is 5.97. The van der Waals surface area contributed by atoms with E-state index in [9.17, 15) is 4.79 Å². The number of hydrogen-bond acceptors (Lipinski definition) is 2. The highest BCUT2D eigenvalue weighted by Gasteiger charge is 2.40. The van der Waals surface area contributed by atoms with Crippen molar-refractivity contribution in [2.45, 2.75) is 25.2 Å². The van der Waals surface area contributed by atoms with Crippen molar-refractivity contribution >= 4 is 11.6 Å². The van der Waals surface area contributed by atoms with E-state index in [0.717, 1.165) is 24.2 Å². The van der Waals surface area contributed by atoms with Crippen molar-refractivity contribution in [1.82, 2.24) is 4.98 Å². The molecule has 0 N–H and O–H groups in total. The van der Waals surface area contributed by atoms with Crippen LogP contribution in [0, 0.1) is 5.92 Å². The van der Waals surface area contributed by atoms with Gasteiger partial charge in [0.2, 0.25) is 5.91 Å². The Morgan fingerprint density at radius 1 is 1.19 bits per heavy atom. The molecule has 106 valence electrons. The number of carbonyl (C=O) groups is 1. The van der Waals surface area contributed by atoms with E-state index < -0.39 is 0 Å². The standard InChI is InChI=1S/C18H18N2O/c21-18(20-11-9-15-12-19-10-8-16(15)20)17(14-6-7-14)13-4-2-1-3-5-13/h1-5,8,10,12,14,17H,6-7,9,11H2. The summed E-state index contributed by atoms with van der Waals surface area (Å²) in [6.45, 7) is 0.788. The predicted molar refractivity (Wildman–Crippen MR) is 82.2 cm³/mol. The van der Waals surface area contributed by atoms with Crippen LogP contribution in [0.25, 0.3) is 0 Å². The summed E-state index contributed by atoms with van der Waals surface area (Å²) >= 11 is 0. The SMILES string of the molecule is O=C(C(c1ccccc1)C1CC1)N1CCc2cnccc21. The van der Waals surface area contributed by atoms with Gasteiger partial charge in [0, 0.05) is 24.6 Å². The first-order valence-corrected chi connectivity index (χ1v) is 7.64. The molecule has 2 heterocycles. The Balaban J connectivity index is 1.67. The summed E-state index contributed by atoms with van der Waals surface area (Å²) in [6, 6.07) is 12.2. The Morgan fingerprint density at radius 2 is 2.00 bits per heavy atom. The lowest BCUT2D eigenvalue weighted by Crippen LogP contribution is -2.34. The molecule has 1 aromatic heterocycles. The van der Waals surface area contributed by atoms with E-state index in [1.54, 1.807) is 6.20 Å². The van der Waals surface area contributed by atoms with E-state index in [1.165, 1.54) is 18.4 Å². The maximum absolute atomic E-state index is 13.1. The molecule has 3 nitrogen and oxygen atoms in total. The molecule has 1 unspecified atom stereocenters. The number of aromatic nitrogens is 1. The first-order valence-electron chi connectivity index (χ1n) is 7.64. The van der Waals surface area contributed by atoms with Gasteiger partial charge in [-0.2, -0.15) is 0 Å². The number of amides is 1. The minimum atomic E-state index is 0.0188. The van der Waals surface area contributed by atoms with Crippen LogP contribution < -0.4 is 4.90 Å². The van der Waals surface area contributed by atoms with Crippen molar-refractivity contribution < 1.29 is 4.79 Å². The van der Waals surface area contributed by atoms with Crippen molar-refractivity contribution in [3.05, 3.63) is 59.9 Å². The molecule has 0 spiro atoms. The van der Waals surface area contributed by atoms with Crippen molar-refractivity contribution in [3.63, 3.8) is 0 Å². The smallest absolute Gasteiger partial charge is 0.234 e. The molecule has 3 heteroatoms. The lowest BCUT2D eigenvalue weighted by atomic mass is 9.92. The molecule has 0 radical (unpaired) electrons. The highest BCUT2D eigenvalue weighted by molar-refractivity contribution is 6.00. The van der Waals surface area contributed by atoms with Crippen molar-refractivity contribution in [3.8, 4) is 0 Å². The minimum absolute atomic E-state index is 0.0188. The maximum Gasteiger partial charge on any atom is 0.234 e. The minimum Gasteiger partial charge on any atom is -0.311 e.